The number of nitrogens with zero attached hydrogens (tertiary/aromatic N) is 1. The van der Waals surface area contributed by atoms with E-state index >= 15 is 0 Å². The topological polar surface area (TPSA) is 105 Å². The minimum atomic E-state index is -3.67. The molecule has 2 aromatic carbocycles. The van der Waals surface area contributed by atoms with Crippen molar-refractivity contribution in [3.63, 3.8) is 0 Å². The predicted octanol–water partition coefficient (Wildman–Crippen LogP) is 3.00. The molecule has 33 heavy (non-hydrogen) atoms. The lowest BCUT2D eigenvalue weighted by Crippen LogP contribution is -2.45. The van der Waals surface area contributed by atoms with Gasteiger partial charge in [0.2, 0.25) is 10.0 Å². The normalized spacial score (nSPS) is 16.8. The number of nitrogens with one attached hydrogen (secondary N) is 2. The molecule has 0 spiro atoms. The number of carbonyl (C=O) groups is 2. The Kier molecular flexibility index (Phi) is 8.10. The summed E-state index contributed by atoms with van der Waals surface area (Å²) in [5.74, 6) is -0.899. The van der Waals surface area contributed by atoms with Crippen LogP contribution in [0.4, 0.5) is 5.69 Å². The lowest BCUT2D eigenvalue weighted by atomic mass is 10.0. The molecule has 9 heteroatoms. The first-order valence-electron chi connectivity index (χ1n) is 11.0. The number of hydrogen-bond acceptors (Lipinski definition) is 5. The summed E-state index contributed by atoms with van der Waals surface area (Å²) in [4.78, 5) is 24.7. The summed E-state index contributed by atoms with van der Waals surface area (Å²) in [5, 5.41) is 5.21. The van der Waals surface area contributed by atoms with Crippen molar-refractivity contribution in [2.45, 2.75) is 50.5 Å². The second-order valence-corrected chi connectivity index (χ2v) is 10.1. The maximum atomic E-state index is 13.2. The number of piperidine rings is 1. The lowest BCUT2D eigenvalue weighted by Gasteiger charge is -2.34. The van der Waals surface area contributed by atoms with Gasteiger partial charge in [0.05, 0.1) is 12.0 Å². The molecule has 2 N–H and O–H groups in total. The predicted molar refractivity (Wildman–Crippen MR) is 127 cm³/mol. The molecule has 3 rings (SSSR count). The molecule has 178 valence electrons. The summed E-state index contributed by atoms with van der Waals surface area (Å²) in [7, 11) is -2.14. The van der Waals surface area contributed by atoms with E-state index in [0.717, 1.165) is 24.0 Å². The van der Waals surface area contributed by atoms with Gasteiger partial charge in [-0.3, -0.25) is 9.59 Å². The van der Waals surface area contributed by atoms with E-state index in [2.05, 4.69) is 10.6 Å². The minimum Gasteiger partial charge on any atom is -0.497 e. The molecule has 1 aliphatic rings. The number of carbonyl (C=O) groups excluding carboxylic acids is 2. The van der Waals surface area contributed by atoms with Crippen molar-refractivity contribution >= 4 is 27.5 Å². The van der Waals surface area contributed by atoms with Crippen molar-refractivity contribution in [1.29, 1.82) is 0 Å². The standard InChI is InChI=1S/C24H31N3O5S/c1-17-7-8-19(16-18(17)2)26-24(29)23(28)25-14-13-20-6-4-5-15-27(20)33(30,31)22-11-9-21(32-3)10-12-22/h7-12,16,20H,4-6,13-15H2,1-3H3,(H,25,28)(H,26,29)/t20-/m1/s1. The molecule has 8 nitrogen and oxygen atoms in total. The molecule has 0 aliphatic carbocycles. The van der Waals surface area contributed by atoms with Crippen LogP contribution in [0.2, 0.25) is 0 Å². The third kappa shape index (κ3) is 6.11. The van der Waals surface area contributed by atoms with Gasteiger partial charge in [0.15, 0.2) is 0 Å². The molecular formula is C24H31N3O5S. The molecule has 1 heterocycles. The van der Waals surface area contributed by atoms with Crippen molar-refractivity contribution in [3.8, 4) is 5.75 Å². The third-order valence-corrected chi connectivity index (χ3v) is 7.94. The van der Waals surface area contributed by atoms with Crippen LogP contribution >= 0.6 is 0 Å². The maximum absolute atomic E-state index is 13.2. The molecular weight excluding hydrogens is 442 g/mol. The number of benzene rings is 2. The summed E-state index contributed by atoms with van der Waals surface area (Å²) in [6, 6.07) is 11.5. The number of anilines is 1. The molecule has 2 amide bonds. The molecule has 1 fully saturated rings. The summed E-state index contributed by atoms with van der Waals surface area (Å²) in [6.07, 6.45) is 2.84. The van der Waals surface area contributed by atoms with Crippen LogP contribution in [0.1, 0.15) is 36.8 Å². The first kappa shape index (κ1) is 24.7. The van der Waals surface area contributed by atoms with Gasteiger partial charge in [0.25, 0.3) is 0 Å². The number of methoxy groups -OCH3 is 1. The van der Waals surface area contributed by atoms with Gasteiger partial charge in [0.1, 0.15) is 5.75 Å². The molecule has 1 atom stereocenters. The van der Waals surface area contributed by atoms with Gasteiger partial charge >= 0.3 is 11.8 Å². The fraction of sp³-hybridized carbons (Fsp3) is 0.417. The highest BCUT2D eigenvalue weighted by atomic mass is 32.2. The Morgan fingerprint density at radius 3 is 2.42 bits per heavy atom. The van der Waals surface area contributed by atoms with Gasteiger partial charge < -0.3 is 15.4 Å². The Balaban J connectivity index is 1.57. The highest BCUT2D eigenvalue weighted by Crippen LogP contribution is 2.28. The fourth-order valence-electron chi connectivity index (χ4n) is 3.90. The van der Waals surface area contributed by atoms with Gasteiger partial charge in [0, 0.05) is 24.8 Å². The van der Waals surface area contributed by atoms with E-state index in [1.165, 1.54) is 11.4 Å². The highest BCUT2D eigenvalue weighted by Gasteiger charge is 2.33. The van der Waals surface area contributed by atoms with Gasteiger partial charge in [-0.2, -0.15) is 4.31 Å². The monoisotopic (exact) mass is 473 g/mol. The van der Waals surface area contributed by atoms with Crippen molar-refractivity contribution in [1.82, 2.24) is 9.62 Å². The van der Waals surface area contributed by atoms with Crippen LogP contribution in [-0.4, -0.2) is 50.8 Å². The van der Waals surface area contributed by atoms with Crippen molar-refractivity contribution in [2.75, 3.05) is 25.5 Å². The van der Waals surface area contributed by atoms with E-state index in [-0.39, 0.29) is 17.5 Å². The van der Waals surface area contributed by atoms with Gasteiger partial charge in [-0.1, -0.05) is 12.5 Å². The van der Waals surface area contributed by atoms with E-state index in [4.69, 9.17) is 4.74 Å². The van der Waals surface area contributed by atoms with E-state index in [1.807, 2.05) is 26.0 Å². The number of aryl methyl sites for hydroxylation is 2. The molecule has 2 aromatic rings. The number of hydrogen-bond donors (Lipinski definition) is 2. The van der Waals surface area contributed by atoms with E-state index < -0.39 is 21.8 Å². The van der Waals surface area contributed by atoms with Crippen LogP contribution < -0.4 is 15.4 Å². The smallest absolute Gasteiger partial charge is 0.313 e. The van der Waals surface area contributed by atoms with Crippen molar-refractivity contribution < 1.29 is 22.7 Å². The Morgan fingerprint density at radius 1 is 1.03 bits per heavy atom. The number of rotatable bonds is 7. The second-order valence-electron chi connectivity index (χ2n) is 8.24. The van der Waals surface area contributed by atoms with Crippen molar-refractivity contribution in [2.24, 2.45) is 0 Å². The van der Waals surface area contributed by atoms with Crippen LogP contribution in [0, 0.1) is 13.8 Å². The SMILES string of the molecule is COc1ccc(S(=O)(=O)N2CCCC[C@@H]2CCNC(=O)C(=O)Nc2ccc(C)c(C)c2)cc1. The average molecular weight is 474 g/mol. The molecule has 1 saturated heterocycles. The quantitative estimate of drug-likeness (QED) is 0.602. The van der Waals surface area contributed by atoms with E-state index in [9.17, 15) is 18.0 Å². The Morgan fingerprint density at radius 2 is 1.76 bits per heavy atom. The summed E-state index contributed by atoms with van der Waals surface area (Å²) < 4.78 is 33.0. The molecule has 0 radical (unpaired) electrons. The van der Waals surface area contributed by atoms with E-state index in [1.54, 1.807) is 30.3 Å². The summed E-state index contributed by atoms with van der Waals surface area (Å²) >= 11 is 0. The largest absolute Gasteiger partial charge is 0.497 e. The first-order chi connectivity index (χ1) is 15.7. The number of ether oxygens (including phenoxy) is 1. The summed E-state index contributed by atoms with van der Waals surface area (Å²) in [5.41, 5.74) is 2.67. The van der Waals surface area contributed by atoms with Gasteiger partial charge in [-0.15, -0.1) is 0 Å². The van der Waals surface area contributed by atoms with Crippen LogP contribution in [0.15, 0.2) is 47.4 Å². The molecule has 0 unspecified atom stereocenters. The maximum Gasteiger partial charge on any atom is 0.313 e. The van der Waals surface area contributed by atoms with E-state index in [0.29, 0.717) is 30.8 Å². The highest BCUT2D eigenvalue weighted by molar-refractivity contribution is 7.89. The van der Waals surface area contributed by atoms with Crippen LogP contribution in [0.3, 0.4) is 0 Å². The number of amides is 2. The molecule has 0 saturated carbocycles. The molecule has 0 aromatic heterocycles. The Bertz CT molecular complexity index is 1100. The first-order valence-corrected chi connectivity index (χ1v) is 12.5. The molecule has 0 bridgehead atoms. The fourth-order valence-corrected chi connectivity index (χ4v) is 5.63. The van der Waals surface area contributed by atoms with Gasteiger partial charge in [-0.05, 0) is 80.6 Å². The molecule has 1 aliphatic heterocycles. The van der Waals surface area contributed by atoms with Gasteiger partial charge in [-0.25, -0.2) is 8.42 Å². The zero-order valence-electron chi connectivity index (χ0n) is 19.3. The van der Waals surface area contributed by atoms with Crippen LogP contribution in [0.5, 0.6) is 5.75 Å². The Hall–Kier alpha value is -2.91. The number of sulfonamides is 1. The minimum absolute atomic E-state index is 0.207. The van der Waals surface area contributed by atoms with Crippen LogP contribution in [0.25, 0.3) is 0 Å². The lowest BCUT2D eigenvalue weighted by molar-refractivity contribution is -0.136. The zero-order valence-corrected chi connectivity index (χ0v) is 20.1. The van der Waals surface area contributed by atoms with Crippen LogP contribution in [-0.2, 0) is 19.6 Å². The average Bonchev–Trinajstić information content (AvgIpc) is 2.81. The second kappa shape index (κ2) is 10.8. The van der Waals surface area contributed by atoms with Crippen molar-refractivity contribution in [3.05, 3.63) is 53.6 Å². The summed E-state index contributed by atoms with van der Waals surface area (Å²) in [6.45, 7) is 4.54. The zero-order chi connectivity index (χ0) is 24.0. The Labute approximate surface area is 195 Å². The third-order valence-electron chi connectivity index (χ3n) is 5.97.